The maximum atomic E-state index is 11.7. The fraction of sp³-hybridized carbons (Fsp3) is 0.118. The van der Waals surface area contributed by atoms with Crippen LogP contribution in [-0.4, -0.2) is 29.7 Å². The Balaban J connectivity index is 1.92. The van der Waals surface area contributed by atoms with Gasteiger partial charge < -0.3 is 15.2 Å². The van der Waals surface area contributed by atoms with E-state index in [0.29, 0.717) is 23.6 Å². The molecule has 0 spiro atoms. The van der Waals surface area contributed by atoms with E-state index in [2.05, 4.69) is 15.8 Å². The van der Waals surface area contributed by atoms with Crippen molar-refractivity contribution in [2.24, 2.45) is 5.10 Å². The van der Waals surface area contributed by atoms with Crippen molar-refractivity contribution < 1.29 is 19.4 Å². The topological polar surface area (TPSA) is 100 Å². The SMILES string of the molecule is CCOc1cc(/C=N/NC(=O)C(=O)Nc2ccccc2)ccc1O. The van der Waals surface area contributed by atoms with Gasteiger partial charge in [0.1, 0.15) is 0 Å². The summed E-state index contributed by atoms with van der Waals surface area (Å²) in [7, 11) is 0. The van der Waals surface area contributed by atoms with Gasteiger partial charge in [0, 0.05) is 5.69 Å². The number of nitrogens with one attached hydrogen (secondary N) is 2. The zero-order chi connectivity index (χ0) is 17.4. The molecular formula is C17H17N3O4. The third-order valence-electron chi connectivity index (χ3n) is 2.90. The fourth-order valence-corrected chi connectivity index (χ4v) is 1.81. The number of para-hydroxylation sites is 1. The summed E-state index contributed by atoms with van der Waals surface area (Å²) in [6, 6.07) is 13.2. The first-order chi connectivity index (χ1) is 11.6. The van der Waals surface area contributed by atoms with Gasteiger partial charge in [0.05, 0.1) is 12.8 Å². The number of amides is 2. The van der Waals surface area contributed by atoms with Crippen LogP contribution in [0.15, 0.2) is 53.6 Å². The zero-order valence-corrected chi connectivity index (χ0v) is 13.0. The number of ether oxygens (including phenoxy) is 1. The maximum absolute atomic E-state index is 11.7. The van der Waals surface area contributed by atoms with Crippen molar-refractivity contribution in [3.05, 3.63) is 54.1 Å². The Morgan fingerprint density at radius 1 is 1.17 bits per heavy atom. The molecule has 2 amide bonds. The number of aromatic hydroxyl groups is 1. The van der Waals surface area contributed by atoms with Crippen LogP contribution in [0.2, 0.25) is 0 Å². The minimum Gasteiger partial charge on any atom is -0.504 e. The first kappa shape index (κ1) is 17.0. The summed E-state index contributed by atoms with van der Waals surface area (Å²) in [4.78, 5) is 23.3. The largest absolute Gasteiger partial charge is 0.504 e. The molecule has 2 aromatic rings. The predicted octanol–water partition coefficient (Wildman–Crippen LogP) is 1.88. The third kappa shape index (κ3) is 4.84. The smallest absolute Gasteiger partial charge is 0.329 e. The molecule has 0 aromatic heterocycles. The fourth-order valence-electron chi connectivity index (χ4n) is 1.81. The molecule has 0 heterocycles. The molecule has 124 valence electrons. The van der Waals surface area contributed by atoms with Crippen LogP contribution in [0.25, 0.3) is 0 Å². The van der Waals surface area contributed by atoms with Crippen LogP contribution in [0.4, 0.5) is 5.69 Å². The normalized spacial score (nSPS) is 10.4. The predicted molar refractivity (Wildman–Crippen MR) is 90.1 cm³/mol. The molecule has 0 aliphatic carbocycles. The van der Waals surface area contributed by atoms with Crippen LogP contribution in [0.5, 0.6) is 11.5 Å². The van der Waals surface area contributed by atoms with Crippen LogP contribution in [0.3, 0.4) is 0 Å². The Kier molecular flexibility index (Phi) is 5.90. The lowest BCUT2D eigenvalue weighted by molar-refractivity contribution is -0.136. The summed E-state index contributed by atoms with van der Waals surface area (Å²) in [5.41, 5.74) is 3.24. The first-order valence-electron chi connectivity index (χ1n) is 7.25. The maximum Gasteiger partial charge on any atom is 0.329 e. The highest BCUT2D eigenvalue weighted by Crippen LogP contribution is 2.26. The number of carbonyl (C=O) groups is 2. The molecule has 2 rings (SSSR count). The Bertz CT molecular complexity index is 745. The number of benzene rings is 2. The molecule has 0 unspecified atom stereocenters. The highest BCUT2D eigenvalue weighted by Gasteiger charge is 2.12. The lowest BCUT2D eigenvalue weighted by Gasteiger charge is -2.06. The lowest BCUT2D eigenvalue weighted by Crippen LogP contribution is -2.32. The number of hydrogen-bond acceptors (Lipinski definition) is 5. The lowest BCUT2D eigenvalue weighted by atomic mass is 10.2. The summed E-state index contributed by atoms with van der Waals surface area (Å²) in [5.74, 6) is -1.38. The molecule has 0 aliphatic rings. The van der Waals surface area contributed by atoms with Gasteiger partial charge in [0.15, 0.2) is 11.5 Å². The van der Waals surface area contributed by atoms with E-state index in [1.165, 1.54) is 12.3 Å². The Hall–Kier alpha value is -3.35. The van der Waals surface area contributed by atoms with Crippen molar-refractivity contribution in [2.75, 3.05) is 11.9 Å². The molecule has 0 atom stereocenters. The molecule has 24 heavy (non-hydrogen) atoms. The average molecular weight is 327 g/mol. The number of nitrogens with zero attached hydrogens (tertiary/aromatic N) is 1. The van der Waals surface area contributed by atoms with Crippen LogP contribution < -0.4 is 15.5 Å². The number of hydrogen-bond donors (Lipinski definition) is 3. The first-order valence-corrected chi connectivity index (χ1v) is 7.25. The Morgan fingerprint density at radius 3 is 2.62 bits per heavy atom. The number of hydrazone groups is 1. The quantitative estimate of drug-likeness (QED) is 0.443. The van der Waals surface area contributed by atoms with Gasteiger partial charge in [-0.1, -0.05) is 18.2 Å². The van der Waals surface area contributed by atoms with E-state index in [1.807, 2.05) is 0 Å². The van der Waals surface area contributed by atoms with E-state index >= 15 is 0 Å². The molecule has 2 aromatic carbocycles. The van der Waals surface area contributed by atoms with E-state index in [9.17, 15) is 14.7 Å². The van der Waals surface area contributed by atoms with E-state index in [-0.39, 0.29) is 5.75 Å². The molecule has 0 aliphatic heterocycles. The molecule has 3 N–H and O–H groups in total. The van der Waals surface area contributed by atoms with Crippen molar-refractivity contribution in [2.45, 2.75) is 6.92 Å². The monoisotopic (exact) mass is 327 g/mol. The number of phenols is 1. The number of rotatable bonds is 5. The summed E-state index contributed by atoms with van der Waals surface area (Å²) in [5, 5.41) is 15.8. The van der Waals surface area contributed by atoms with Crippen molar-refractivity contribution in [1.29, 1.82) is 0 Å². The van der Waals surface area contributed by atoms with Crippen molar-refractivity contribution in [1.82, 2.24) is 5.43 Å². The molecular weight excluding hydrogens is 310 g/mol. The van der Waals surface area contributed by atoms with Crippen molar-refractivity contribution >= 4 is 23.7 Å². The van der Waals surface area contributed by atoms with E-state index in [4.69, 9.17) is 4.74 Å². The van der Waals surface area contributed by atoms with Crippen molar-refractivity contribution in [3.8, 4) is 11.5 Å². The standard InChI is InChI=1S/C17H17N3O4/c1-2-24-15-10-12(8-9-14(15)21)11-18-20-17(23)16(22)19-13-6-4-3-5-7-13/h3-11,21H,2H2,1H3,(H,19,22)(H,20,23)/b18-11+. The summed E-state index contributed by atoms with van der Waals surface area (Å²) >= 11 is 0. The zero-order valence-electron chi connectivity index (χ0n) is 13.0. The summed E-state index contributed by atoms with van der Waals surface area (Å²) < 4.78 is 5.25. The third-order valence-corrected chi connectivity index (χ3v) is 2.90. The molecule has 0 saturated heterocycles. The van der Waals surface area contributed by atoms with E-state index in [0.717, 1.165) is 0 Å². The van der Waals surface area contributed by atoms with Gasteiger partial charge in [0.2, 0.25) is 0 Å². The van der Waals surface area contributed by atoms with Gasteiger partial charge >= 0.3 is 11.8 Å². The highest BCUT2D eigenvalue weighted by molar-refractivity contribution is 6.39. The second kappa shape index (κ2) is 8.33. The number of carbonyl (C=O) groups excluding carboxylic acids is 2. The Labute approximate surface area is 139 Å². The van der Waals surface area contributed by atoms with E-state index in [1.54, 1.807) is 49.4 Å². The molecule has 0 fully saturated rings. The van der Waals surface area contributed by atoms with Crippen LogP contribution in [0.1, 0.15) is 12.5 Å². The molecule has 0 bridgehead atoms. The summed E-state index contributed by atoms with van der Waals surface area (Å²) in [6.45, 7) is 2.20. The number of anilines is 1. The highest BCUT2D eigenvalue weighted by atomic mass is 16.5. The second-order valence-corrected chi connectivity index (χ2v) is 4.68. The molecule has 0 saturated carbocycles. The minimum atomic E-state index is -0.890. The molecule has 0 radical (unpaired) electrons. The Morgan fingerprint density at radius 2 is 1.92 bits per heavy atom. The van der Waals surface area contributed by atoms with Crippen LogP contribution in [-0.2, 0) is 9.59 Å². The van der Waals surface area contributed by atoms with Crippen LogP contribution >= 0.6 is 0 Å². The number of phenolic OH excluding ortho intramolecular Hbond substituents is 1. The van der Waals surface area contributed by atoms with Gasteiger partial charge in [0.25, 0.3) is 0 Å². The van der Waals surface area contributed by atoms with Gasteiger partial charge in [-0.2, -0.15) is 5.10 Å². The van der Waals surface area contributed by atoms with E-state index < -0.39 is 11.8 Å². The van der Waals surface area contributed by atoms with Gasteiger partial charge in [-0.25, -0.2) is 5.43 Å². The van der Waals surface area contributed by atoms with Gasteiger partial charge in [-0.05, 0) is 42.8 Å². The minimum absolute atomic E-state index is 0.0141. The van der Waals surface area contributed by atoms with Gasteiger partial charge in [-0.3, -0.25) is 9.59 Å². The average Bonchev–Trinajstić information content (AvgIpc) is 2.58. The second-order valence-electron chi connectivity index (χ2n) is 4.68. The van der Waals surface area contributed by atoms with Gasteiger partial charge in [-0.15, -0.1) is 0 Å². The molecule has 7 nitrogen and oxygen atoms in total. The molecule has 7 heteroatoms. The van der Waals surface area contributed by atoms with Crippen LogP contribution in [0, 0.1) is 0 Å². The van der Waals surface area contributed by atoms with Crippen molar-refractivity contribution in [3.63, 3.8) is 0 Å². The summed E-state index contributed by atoms with van der Waals surface area (Å²) in [6.07, 6.45) is 1.34.